The van der Waals surface area contributed by atoms with E-state index < -0.39 is 10.0 Å². The van der Waals surface area contributed by atoms with Gasteiger partial charge in [-0.2, -0.15) is 0 Å². The van der Waals surface area contributed by atoms with E-state index in [9.17, 15) is 8.42 Å². The van der Waals surface area contributed by atoms with Gasteiger partial charge in [-0.05, 0) is 36.4 Å². The Hall–Kier alpha value is -2.20. The number of aromatic nitrogens is 1. The van der Waals surface area contributed by atoms with Crippen LogP contribution in [-0.2, 0) is 16.6 Å². The first kappa shape index (κ1) is 15.2. The first-order valence-corrected chi connectivity index (χ1v) is 7.69. The molecule has 5 nitrogen and oxygen atoms in total. The van der Waals surface area contributed by atoms with Crippen molar-refractivity contribution in [3.05, 3.63) is 59.9 Å². The summed E-state index contributed by atoms with van der Waals surface area (Å²) in [5.41, 5.74) is 1.29. The maximum absolute atomic E-state index is 12.1. The van der Waals surface area contributed by atoms with E-state index in [0.717, 1.165) is 0 Å². The number of benzene rings is 1. The molecular formula is C15H14N2O3S. The molecule has 0 unspecified atom stereocenters. The normalized spacial score (nSPS) is 10.7. The molecule has 0 aliphatic rings. The second kappa shape index (κ2) is 6.99. The minimum absolute atomic E-state index is 0.134. The minimum atomic E-state index is -3.58. The zero-order chi connectivity index (χ0) is 15.1. The highest BCUT2D eigenvalue weighted by Gasteiger charge is 2.13. The Morgan fingerprint density at radius 1 is 1.14 bits per heavy atom. The lowest BCUT2D eigenvalue weighted by Gasteiger charge is -2.06. The lowest BCUT2D eigenvalue weighted by atomic mass is 10.2. The van der Waals surface area contributed by atoms with Gasteiger partial charge in [-0.25, -0.2) is 13.1 Å². The van der Waals surface area contributed by atoms with Gasteiger partial charge in [0.15, 0.2) is 0 Å². The molecule has 6 heteroatoms. The Morgan fingerprint density at radius 3 is 2.52 bits per heavy atom. The van der Waals surface area contributed by atoms with Crippen molar-refractivity contribution in [1.82, 2.24) is 9.71 Å². The van der Waals surface area contributed by atoms with Crippen molar-refractivity contribution < 1.29 is 13.5 Å². The van der Waals surface area contributed by atoms with E-state index in [2.05, 4.69) is 21.5 Å². The van der Waals surface area contributed by atoms with Crippen molar-refractivity contribution in [3.63, 3.8) is 0 Å². The molecule has 0 saturated heterocycles. The fourth-order valence-electron chi connectivity index (χ4n) is 1.61. The molecule has 21 heavy (non-hydrogen) atoms. The topological polar surface area (TPSA) is 79.3 Å². The summed E-state index contributed by atoms with van der Waals surface area (Å²) in [5.74, 6) is 5.21. The summed E-state index contributed by atoms with van der Waals surface area (Å²) in [5, 5.41) is 8.60. The highest BCUT2D eigenvalue weighted by atomic mass is 32.2. The van der Waals surface area contributed by atoms with E-state index in [-0.39, 0.29) is 18.0 Å². The summed E-state index contributed by atoms with van der Waals surface area (Å²) in [6.45, 7) is -0.0963. The third-order valence-corrected chi connectivity index (χ3v) is 4.06. The third kappa shape index (κ3) is 4.39. The van der Waals surface area contributed by atoms with Gasteiger partial charge in [0, 0.05) is 11.8 Å². The van der Waals surface area contributed by atoms with Gasteiger partial charge >= 0.3 is 0 Å². The summed E-state index contributed by atoms with van der Waals surface area (Å²) in [7, 11) is -3.58. The minimum Gasteiger partial charge on any atom is -0.384 e. The van der Waals surface area contributed by atoms with Crippen LogP contribution in [0, 0.1) is 11.8 Å². The number of hydrogen-bond acceptors (Lipinski definition) is 4. The summed E-state index contributed by atoms with van der Waals surface area (Å²) < 4.78 is 26.7. The van der Waals surface area contributed by atoms with Crippen LogP contribution in [0.1, 0.15) is 11.3 Å². The van der Waals surface area contributed by atoms with Crippen molar-refractivity contribution in [3.8, 4) is 11.8 Å². The predicted octanol–water partition coefficient (Wildman–Crippen LogP) is 0.904. The fraction of sp³-hybridized carbons (Fsp3) is 0.133. The van der Waals surface area contributed by atoms with Crippen molar-refractivity contribution in [2.75, 3.05) is 6.61 Å². The van der Waals surface area contributed by atoms with Gasteiger partial charge in [-0.15, -0.1) is 0 Å². The molecule has 0 spiro atoms. The van der Waals surface area contributed by atoms with Crippen LogP contribution in [-0.4, -0.2) is 25.1 Å². The first-order valence-electron chi connectivity index (χ1n) is 6.21. The van der Waals surface area contributed by atoms with E-state index in [4.69, 9.17) is 5.11 Å². The maximum atomic E-state index is 12.1. The van der Waals surface area contributed by atoms with Crippen molar-refractivity contribution in [2.24, 2.45) is 0 Å². The standard InChI is InChI=1S/C15H14N2O3S/c18-11-3-4-13-6-8-15(9-7-13)21(19,20)17-12-14-5-1-2-10-16-14/h1-2,5-10,17-18H,11-12H2. The van der Waals surface area contributed by atoms with Crippen LogP contribution in [0.4, 0.5) is 0 Å². The smallest absolute Gasteiger partial charge is 0.240 e. The number of hydrogen-bond donors (Lipinski definition) is 2. The highest BCUT2D eigenvalue weighted by Crippen LogP contribution is 2.10. The molecule has 1 aromatic carbocycles. The second-order valence-electron chi connectivity index (χ2n) is 4.13. The molecule has 0 amide bonds. The monoisotopic (exact) mass is 302 g/mol. The van der Waals surface area contributed by atoms with Crippen LogP contribution >= 0.6 is 0 Å². The molecular weight excluding hydrogens is 288 g/mol. The Morgan fingerprint density at radius 2 is 1.90 bits per heavy atom. The molecule has 0 atom stereocenters. The Balaban J connectivity index is 2.09. The average molecular weight is 302 g/mol. The quantitative estimate of drug-likeness (QED) is 0.823. The van der Waals surface area contributed by atoms with E-state index >= 15 is 0 Å². The van der Waals surface area contributed by atoms with E-state index in [0.29, 0.717) is 11.3 Å². The summed E-state index contributed by atoms with van der Waals surface area (Å²) >= 11 is 0. The highest BCUT2D eigenvalue weighted by molar-refractivity contribution is 7.89. The van der Waals surface area contributed by atoms with Gasteiger partial charge in [0.25, 0.3) is 0 Å². The number of rotatable bonds is 4. The van der Waals surface area contributed by atoms with E-state index in [1.165, 1.54) is 12.1 Å². The third-order valence-electron chi connectivity index (χ3n) is 2.65. The summed E-state index contributed by atoms with van der Waals surface area (Å²) in [4.78, 5) is 4.21. The molecule has 108 valence electrons. The fourth-order valence-corrected chi connectivity index (χ4v) is 2.61. The number of aliphatic hydroxyl groups is 1. The van der Waals surface area contributed by atoms with Gasteiger partial charge in [0.2, 0.25) is 10.0 Å². The Bertz CT molecular complexity index is 745. The SMILES string of the molecule is O=S(=O)(NCc1ccccn1)c1ccc(C#CCO)cc1. The van der Waals surface area contributed by atoms with E-state index in [1.807, 2.05) is 0 Å². The largest absolute Gasteiger partial charge is 0.384 e. The number of sulfonamides is 1. The van der Waals surface area contributed by atoms with Gasteiger partial charge in [-0.1, -0.05) is 17.9 Å². The zero-order valence-corrected chi connectivity index (χ0v) is 12.0. The molecule has 0 radical (unpaired) electrons. The van der Waals surface area contributed by atoms with Gasteiger partial charge in [0.05, 0.1) is 17.1 Å². The van der Waals surface area contributed by atoms with Gasteiger partial charge in [0.1, 0.15) is 6.61 Å². The number of pyridine rings is 1. The first-order chi connectivity index (χ1) is 10.1. The van der Waals surface area contributed by atoms with Crippen LogP contribution in [0.2, 0.25) is 0 Å². The number of aliphatic hydroxyl groups excluding tert-OH is 1. The lowest BCUT2D eigenvalue weighted by Crippen LogP contribution is -2.23. The molecule has 2 aromatic rings. The van der Waals surface area contributed by atoms with Crippen molar-refractivity contribution in [2.45, 2.75) is 11.4 Å². The van der Waals surface area contributed by atoms with Crippen LogP contribution in [0.15, 0.2) is 53.6 Å². The van der Waals surface area contributed by atoms with Gasteiger partial charge in [-0.3, -0.25) is 4.98 Å². The molecule has 0 aliphatic heterocycles. The van der Waals surface area contributed by atoms with Crippen molar-refractivity contribution in [1.29, 1.82) is 0 Å². The molecule has 2 N–H and O–H groups in total. The second-order valence-corrected chi connectivity index (χ2v) is 5.90. The molecule has 1 aromatic heterocycles. The van der Waals surface area contributed by atoms with E-state index in [1.54, 1.807) is 36.5 Å². The molecule has 0 bridgehead atoms. The zero-order valence-electron chi connectivity index (χ0n) is 11.2. The molecule has 2 rings (SSSR count). The van der Waals surface area contributed by atoms with Crippen LogP contribution in [0.3, 0.4) is 0 Å². The average Bonchev–Trinajstić information content (AvgIpc) is 2.52. The van der Waals surface area contributed by atoms with Gasteiger partial charge < -0.3 is 5.11 Å². The number of nitrogens with one attached hydrogen (secondary N) is 1. The van der Waals surface area contributed by atoms with Crippen LogP contribution in [0.5, 0.6) is 0 Å². The van der Waals surface area contributed by atoms with Crippen molar-refractivity contribution >= 4 is 10.0 Å². The molecule has 1 heterocycles. The molecule has 0 fully saturated rings. The van der Waals surface area contributed by atoms with Crippen LogP contribution < -0.4 is 4.72 Å². The summed E-state index contributed by atoms with van der Waals surface area (Å²) in [6, 6.07) is 11.5. The predicted molar refractivity (Wildman–Crippen MR) is 78.7 cm³/mol. The Kier molecular flexibility index (Phi) is 5.06. The maximum Gasteiger partial charge on any atom is 0.240 e. The lowest BCUT2D eigenvalue weighted by molar-refractivity contribution is 0.350. The summed E-state index contributed by atoms with van der Waals surface area (Å²) in [6.07, 6.45) is 1.61. The van der Waals surface area contributed by atoms with Crippen LogP contribution in [0.25, 0.3) is 0 Å². The Labute approximate surface area is 123 Å². The number of nitrogens with zero attached hydrogens (tertiary/aromatic N) is 1. The molecule has 0 aliphatic carbocycles. The molecule has 0 saturated carbocycles.